The van der Waals surface area contributed by atoms with Crippen LogP contribution in [0.4, 0.5) is 0 Å². The van der Waals surface area contributed by atoms with E-state index >= 15 is 0 Å². The van der Waals surface area contributed by atoms with E-state index in [2.05, 4.69) is 20.2 Å². The van der Waals surface area contributed by atoms with Gasteiger partial charge in [0.15, 0.2) is 0 Å². The highest BCUT2D eigenvalue weighted by Gasteiger charge is 2.26. The van der Waals surface area contributed by atoms with Crippen molar-refractivity contribution in [1.29, 1.82) is 0 Å². The SMILES string of the molecule is COCCN1CCC(c2ncc(C(=O)NCc3cccc(OC)c3)c(C)n2)C1. The smallest absolute Gasteiger partial charge is 0.254 e. The van der Waals surface area contributed by atoms with E-state index in [1.165, 1.54) is 0 Å². The highest BCUT2D eigenvalue weighted by molar-refractivity contribution is 5.94. The summed E-state index contributed by atoms with van der Waals surface area (Å²) in [5.41, 5.74) is 2.20. The molecule has 1 atom stereocenters. The third kappa shape index (κ3) is 5.05. The van der Waals surface area contributed by atoms with Gasteiger partial charge in [0.25, 0.3) is 5.91 Å². The lowest BCUT2D eigenvalue weighted by atomic mass is 10.1. The van der Waals surface area contributed by atoms with E-state index < -0.39 is 0 Å². The van der Waals surface area contributed by atoms with Crippen molar-refractivity contribution < 1.29 is 14.3 Å². The van der Waals surface area contributed by atoms with E-state index in [1.807, 2.05) is 31.2 Å². The fourth-order valence-corrected chi connectivity index (χ4v) is 3.43. The minimum atomic E-state index is -0.167. The highest BCUT2D eigenvalue weighted by Crippen LogP contribution is 2.24. The number of amides is 1. The van der Waals surface area contributed by atoms with Gasteiger partial charge in [-0.1, -0.05) is 12.1 Å². The first-order valence-electron chi connectivity index (χ1n) is 9.56. The van der Waals surface area contributed by atoms with Crippen LogP contribution in [0, 0.1) is 6.92 Å². The quantitative estimate of drug-likeness (QED) is 0.752. The van der Waals surface area contributed by atoms with E-state index in [9.17, 15) is 4.79 Å². The van der Waals surface area contributed by atoms with Crippen molar-refractivity contribution in [1.82, 2.24) is 20.2 Å². The maximum absolute atomic E-state index is 12.6. The molecule has 1 amide bonds. The van der Waals surface area contributed by atoms with Crippen molar-refractivity contribution in [2.24, 2.45) is 0 Å². The van der Waals surface area contributed by atoms with E-state index in [-0.39, 0.29) is 5.91 Å². The van der Waals surface area contributed by atoms with Crippen molar-refractivity contribution >= 4 is 5.91 Å². The molecule has 0 saturated carbocycles. The Hall–Kier alpha value is -2.51. The molecule has 1 fully saturated rings. The highest BCUT2D eigenvalue weighted by atomic mass is 16.5. The summed E-state index contributed by atoms with van der Waals surface area (Å²) in [6, 6.07) is 7.63. The van der Waals surface area contributed by atoms with Crippen molar-refractivity contribution in [2.75, 3.05) is 40.5 Å². The second kappa shape index (κ2) is 9.61. The second-order valence-electron chi connectivity index (χ2n) is 7.04. The first-order chi connectivity index (χ1) is 13.6. The fraction of sp³-hybridized carbons (Fsp3) is 0.476. The summed E-state index contributed by atoms with van der Waals surface area (Å²) in [4.78, 5) is 24.0. The predicted molar refractivity (Wildman–Crippen MR) is 107 cm³/mol. The number of nitrogens with one attached hydrogen (secondary N) is 1. The number of aryl methyl sites for hydroxylation is 1. The number of benzene rings is 1. The zero-order valence-electron chi connectivity index (χ0n) is 16.8. The second-order valence-corrected chi connectivity index (χ2v) is 7.04. The van der Waals surface area contributed by atoms with Gasteiger partial charge in [-0.05, 0) is 37.6 Å². The lowest BCUT2D eigenvalue weighted by Crippen LogP contribution is -2.26. The molecule has 2 aromatic rings. The van der Waals surface area contributed by atoms with Gasteiger partial charge in [0.2, 0.25) is 0 Å². The van der Waals surface area contributed by atoms with Crippen LogP contribution in [0.15, 0.2) is 30.5 Å². The van der Waals surface area contributed by atoms with Gasteiger partial charge in [-0.2, -0.15) is 0 Å². The molecule has 3 rings (SSSR count). The normalized spacial score (nSPS) is 16.9. The Kier molecular flexibility index (Phi) is 6.95. The van der Waals surface area contributed by atoms with Crippen molar-refractivity contribution in [2.45, 2.75) is 25.8 Å². The summed E-state index contributed by atoms with van der Waals surface area (Å²) in [5, 5.41) is 2.93. The molecular formula is C21H28N4O3. The number of carbonyl (C=O) groups excluding carboxylic acids is 1. The van der Waals surface area contributed by atoms with Crippen LogP contribution in [0.2, 0.25) is 0 Å². The van der Waals surface area contributed by atoms with Crippen molar-refractivity contribution in [3.05, 3.63) is 53.1 Å². The summed E-state index contributed by atoms with van der Waals surface area (Å²) in [6.45, 7) is 5.91. The van der Waals surface area contributed by atoms with Gasteiger partial charge in [-0.25, -0.2) is 9.97 Å². The van der Waals surface area contributed by atoms with Crippen LogP contribution in [0.25, 0.3) is 0 Å². The maximum Gasteiger partial charge on any atom is 0.254 e. The lowest BCUT2D eigenvalue weighted by molar-refractivity contribution is 0.0949. The third-order valence-electron chi connectivity index (χ3n) is 5.08. The number of rotatable bonds is 8. The molecule has 7 nitrogen and oxygen atoms in total. The Morgan fingerprint density at radius 3 is 2.96 bits per heavy atom. The Morgan fingerprint density at radius 2 is 2.21 bits per heavy atom. The Balaban J connectivity index is 1.59. The number of aromatic nitrogens is 2. The average molecular weight is 384 g/mol. The van der Waals surface area contributed by atoms with Gasteiger partial charge in [-0.15, -0.1) is 0 Å². The summed E-state index contributed by atoms with van der Waals surface area (Å²) < 4.78 is 10.4. The predicted octanol–water partition coefficient (Wildman–Crippen LogP) is 2.16. The third-order valence-corrected chi connectivity index (χ3v) is 5.08. The summed E-state index contributed by atoms with van der Waals surface area (Å²) in [5.74, 6) is 1.73. The van der Waals surface area contributed by atoms with E-state index in [4.69, 9.17) is 9.47 Å². The van der Waals surface area contributed by atoms with Crippen LogP contribution in [0.5, 0.6) is 5.75 Å². The first kappa shape index (κ1) is 20.2. The molecule has 1 unspecified atom stereocenters. The standard InChI is InChI=1S/C21H28N4O3/c1-15-19(21(26)23-12-16-5-4-6-18(11-16)28-3)13-22-20(24-15)17-7-8-25(14-17)9-10-27-2/h4-6,11,13,17H,7-10,12,14H2,1-3H3,(H,23,26). The lowest BCUT2D eigenvalue weighted by Gasteiger charge is -2.15. The molecule has 2 heterocycles. The van der Waals surface area contributed by atoms with Gasteiger partial charge >= 0.3 is 0 Å². The molecule has 1 aliphatic heterocycles. The monoisotopic (exact) mass is 384 g/mol. The first-order valence-corrected chi connectivity index (χ1v) is 9.56. The summed E-state index contributed by atoms with van der Waals surface area (Å²) >= 11 is 0. The summed E-state index contributed by atoms with van der Waals surface area (Å²) in [7, 11) is 3.35. The molecule has 0 spiro atoms. The molecule has 1 aliphatic rings. The molecule has 1 aromatic heterocycles. The van der Waals surface area contributed by atoms with Crippen LogP contribution in [-0.2, 0) is 11.3 Å². The van der Waals surface area contributed by atoms with Crippen molar-refractivity contribution in [3.8, 4) is 5.75 Å². The largest absolute Gasteiger partial charge is 0.497 e. The van der Waals surface area contributed by atoms with Crippen LogP contribution in [0.1, 0.15) is 39.8 Å². The van der Waals surface area contributed by atoms with Gasteiger partial charge in [0.1, 0.15) is 11.6 Å². The Labute approximate surface area is 166 Å². The fourth-order valence-electron chi connectivity index (χ4n) is 3.43. The van der Waals surface area contributed by atoms with Crippen LogP contribution in [0.3, 0.4) is 0 Å². The summed E-state index contributed by atoms with van der Waals surface area (Å²) in [6.07, 6.45) is 2.68. The Bertz CT molecular complexity index is 812. The molecule has 150 valence electrons. The molecule has 28 heavy (non-hydrogen) atoms. The maximum atomic E-state index is 12.6. The number of nitrogens with zero attached hydrogens (tertiary/aromatic N) is 3. The molecule has 0 radical (unpaired) electrons. The number of likely N-dealkylation sites (tertiary alicyclic amines) is 1. The van der Waals surface area contributed by atoms with Crippen LogP contribution < -0.4 is 10.1 Å². The van der Waals surface area contributed by atoms with Gasteiger partial charge in [0.05, 0.1) is 25.0 Å². The van der Waals surface area contributed by atoms with Gasteiger partial charge < -0.3 is 19.7 Å². The van der Waals surface area contributed by atoms with Crippen LogP contribution >= 0.6 is 0 Å². The van der Waals surface area contributed by atoms with Crippen LogP contribution in [-0.4, -0.2) is 61.2 Å². The molecular weight excluding hydrogens is 356 g/mol. The molecule has 1 saturated heterocycles. The number of hydrogen-bond acceptors (Lipinski definition) is 6. The number of ether oxygens (including phenoxy) is 2. The topological polar surface area (TPSA) is 76.6 Å². The molecule has 1 aromatic carbocycles. The molecule has 1 N–H and O–H groups in total. The number of carbonyl (C=O) groups is 1. The molecule has 7 heteroatoms. The van der Waals surface area contributed by atoms with Crippen molar-refractivity contribution in [3.63, 3.8) is 0 Å². The van der Waals surface area contributed by atoms with E-state index in [0.29, 0.717) is 23.7 Å². The van der Waals surface area contributed by atoms with Gasteiger partial charge in [-0.3, -0.25) is 4.79 Å². The average Bonchev–Trinajstić information content (AvgIpc) is 3.19. The molecule has 0 aliphatic carbocycles. The Morgan fingerprint density at radius 1 is 1.36 bits per heavy atom. The minimum Gasteiger partial charge on any atom is -0.497 e. The molecule has 0 bridgehead atoms. The number of methoxy groups -OCH3 is 2. The zero-order chi connectivity index (χ0) is 19.9. The zero-order valence-corrected chi connectivity index (χ0v) is 16.8. The minimum absolute atomic E-state index is 0.167. The van der Waals surface area contributed by atoms with E-state index in [1.54, 1.807) is 20.4 Å². The number of hydrogen-bond donors (Lipinski definition) is 1. The van der Waals surface area contributed by atoms with Gasteiger partial charge in [0, 0.05) is 38.9 Å². The van der Waals surface area contributed by atoms with E-state index in [0.717, 1.165) is 49.8 Å².